The van der Waals surface area contributed by atoms with Gasteiger partial charge in [0, 0.05) is 74.4 Å². The molecule has 11 amide bonds. The Kier molecular flexibility index (Phi) is 29.5. The number of aliphatic carboxylic acids is 1. The third kappa shape index (κ3) is 23.9. The van der Waals surface area contributed by atoms with Crippen molar-refractivity contribution in [2.75, 3.05) is 26.2 Å². The number of aliphatic hydroxyl groups excluding tert-OH is 1. The van der Waals surface area contributed by atoms with Gasteiger partial charge in [0.2, 0.25) is 65.0 Å². The van der Waals surface area contributed by atoms with Crippen LogP contribution in [0.5, 0.6) is 0 Å². The number of carboxylic acids is 1. The van der Waals surface area contributed by atoms with Crippen molar-refractivity contribution in [2.45, 2.75) is 164 Å². The third-order valence-electron chi connectivity index (χ3n) is 14.5. The summed E-state index contributed by atoms with van der Waals surface area (Å²) in [4.78, 5) is 188. The minimum atomic E-state index is -1.74. The predicted molar refractivity (Wildman–Crippen MR) is 314 cm³/mol. The SMILES string of the molecule is CC[C@H](C)[C@H](NC(=O)[C@H](CC(N)=O)NC(=O)[C@H](Cc1cnc[nH]1)NC(=O)[C@H](CCCN=C(N)N)NC(=O)[C@@H]1CCCN1C(=O)[C@H](CCC(N)=O)NC(=O)[C@H](Cc1cnc[nH]1)NC(=O)[C@H](CO)NC(=O)[C@H](Cc1cnc[nH]1)NC(=O)[C@@H](N)CCCCN)C(=O)O. The van der Waals surface area contributed by atoms with E-state index in [1.54, 1.807) is 13.8 Å². The summed E-state index contributed by atoms with van der Waals surface area (Å²) in [7, 11) is 0. The minimum absolute atomic E-state index is 0.0190. The molecule has 11 atom stereocenters. The zero-order valence-corrected chi connectivity index (χ0v) is 49.5. The van der Waals surface area contributed by atoms with E-state index < -0.39 is 163 Å². The average Bonchev–Trinajstić information content (AvgIpc) is 2.39. The number of imidazole rings is 3. The lowest BCUT2D eigenvalue weighted by Gasteiger charge is -2.31. The summed E-state index contributed by atoms with van der Waals surface area (Å²) < 4.78 is 0. The number of aliphatic hydroxyl groups is 1. The second-order valence-corrected chi connectivity index (χ2v) is 21.4. The number of primary amides is 2. The zero-order chi connectivity index (χ0) is 65.7. The maximum Gasteiger partial charge on any atom is 0.326 e. The van der Waals surface area contributed by atoms with Gasteiger partial charge in [-0.1, -0.05) is 26.7 Å². The summed E-state index contributed by atoms with van der Waals surface area (Å²) in [5.41, 5.74) is 34.7. The number of hydrogen-bond donors (Lipinski definition) is 19. The van der Waals surface area contributed by atoms with E-state index in [4.69, 9.17) is 34.4 Å². The maximum atomic E-state index is 14.7. The number of hydrogen-bond acceptors (Lipinski definition) is 19. The number of nitrogens with two attached hydrogens (primary N) is 6. The molecule has 0 saturated carbocycles. The molecule has 4 heterocycles. The topological polar surface area (TPSA) is 599 Å². The molecule has 0 unspecified atom stereocenters. The van der Waals surface area contributed by atoms with E-state index in [0.717, 1.165) is 4.90 Å². The van der Waals surface area contributed by atoms with Gasteiger partial charge in [-0.15, -0.1) is 0 Å². The van der Waals surface area contributed by atoms with Gasteiger partial charge < -0.3 is 107 Å². The Morgan fingerprint density at radius 3 is 1.56 bits per heavy atom. The van der Waals surface area contributed by atoms with Gasteiger partial charge >= 0.3 is 5.97 Å². The van der Waals surface area contributed by atoms with E-state index in [1.807, 2.05) is 0 Å². The fraction of sp³-hybridized carbons (Fsp3) is 0.585. The van der Waals surface area contributed by atoms with Crippen molar-refractivity contribution in [1.82, 2.24) is 77.3 Å². The summed E-state index contributed by atoms with van der Waals surface area (Å²) in [5, 5.41) is 40.2. The lowest BCUT2D eigenvalue weighted by atomic mass is 9.98. The molecule has 0 aromatic carbocycles. The van der Waals surface area contributed by atoms with Gasteiger partial charge in [0.15, 0.2) is 5.96 Å². The Hall–Kier alpha value is -9.58. The normalized spacial score (nSPS) is 16.2. The van der Waals surface area contributed by atoms with E-state index in [2.05, 4.69) is 77.4 Å². The number of likely N-dealkylation sites (tertiary alicyclic amines) is 1. The number of H-pyrrole nitrogens is 3. The first kappa shape index (κ1) is 71.9. The van der Waals surface area contributed by atoms with Crippen LogP contribution in [-0.2, 0) is 76.8 Å². The van der Waals surface area contributed by atoms with Crippen LogP contribution < -0.4 is 76.9 Å². The summed E-state index contributed by atoms with van der Waals surface area (Å²) >= 11 is 0. The Morgan fingerprint density at radius 2 is 1.10 bits per heavy atom. The highest BCUT2D eigenvalue weighted by Crippen LogP contribution is 2.21. The van der Waals surface area contributed by atoms with Crippen molar-refractivity contribution in [3.8, 4) is 0 Å². The number of nitrogens with one attached hydrogen (secondary N) is 11. The second-order valence-electron chi connectivity index (χ2n) is 21.4. The van der Waals surface area contributed by atoms with Crippen LogP contribution in [0.25, 0.3) is 0 Å². The molecule has 36 nitrogen and oxygen atoms in total. The summed E-state index contributed by atoms with van der Waals surface area (Å²) in [6, 6.07) is -14.8. The number of aromatic amines is 3. The highest BCUT2D eigenvalue weighted by atomic mass is 16.4. The van der Waals surface area contributed by atoms with E-state index in [1.165, 1.54) is 37.6 Å². The molecule has 1 fully saturated rings. The number of carboxylic acid groups (broad SMARTS) is 1. The molecule has 0 spiro atoms. The number of amides is 11. The largest absolute Gasteiger partial charge is 0.480 e. The number of aromatic nitrogens is 6. The summed E-state index contributed by atoms with van der Waals surface area (Å²) in [5.74, 6) is -12.7. The molecule has 3 aromatic rings. The first-order valence-corrected chi connectivity index (χ1v) is 28.9. The lowest BCUT2D eigenvalue weighted by molar-refractivity contribution is -0.144. The highest BCUT2D eigenvalue weighted by Gasteiger charge is 2.41. The molecule has 1 aliphatic rings. The van der Waals surface area contributed by atoms with Crippen LogP contribution >= 0.6 is 0 Å². The van der Waals surface area contributed by atoms with Crippen molar-refractivity contribution in [2.24, 2.45) is 45.3 Å². The smallest absolute Gasteiger partial charge is 0.326 e. The van der Waals surface area contributed by atoms with Crippen molar-refractivity contribution < 1.29 is 67.7 Å². The Balaban J connectivity index is 1.59. The van der Waals surface area contributed by atoms with Gasteiger partial charge in [0.05, 0.1) is 38.1 Å². The van der Waals surface area contributed by atoms with Crippen molar-refractivity contribution in [1.29, 1.82) is 0 Å². The highest BCUT2D eigenvalue weighted by molar-refractivity contribution is 5.99. The number of carbonyl (C=O) groups excluding carboxylic acids is 11. The van der Waals surface area contributed by atoms with Gasteiger partial charge in [-0.25, -0.2) is 19.7 Å². The number of guanidine groups is 1. The molecule has 4 rings (SSSR count). The number of carbonyl (C=O) groups is 12. The summed E-state index contributed by atoms with van der Waals surface area (Å²) in [6.45, 7) is 2.52. The number of nitrogens with zero attached hydrogens (tertiary/aromatic N) is 5. The molecule has 0 aliphatic carbocycles. The molecule has 1 saturated heterocycles. The van der Waals surface area contributed by atoms with Gasteiger partial charge in [0.1, 0.15) is 54.4 Å². The maximum absolute atomic E-state index is 14.7. The molecule has 36 heteroatoms. The molecular weight excluding hydrogens is 1170 g/mol. The third-order valence-corrected chi connectivity index (χ3v) is 14.5. The molecule has 25 N–H and O–H groups in total. The fourth-order valence-corrected chi connectivity index (χ4v) is 9.39. The quantitative estimate of drug-likeness (QED) is 0.0143. The van der Waals surface area contributed by atoms with Crippen LogP contribution in [0.15, 0.2) is 42.6 Å². The average molecular weight is 1250 g/mol. The van der Waals surface area contributed by atoms with Gasteiger partial charge in [-0.3, -0.25) is 57.7 Å². The number of unbranched alkanes of at least 4 members (excludes halogenated alkanes) is 1. The van der Waals surface area contributed by atoms with Crippen molar-refractivity contribution in [3.05, 3.63) is 54.7 Å². The molecule has 0 bridgehead atoms. The second kappa shape index (κ2) is 36.5. The summed E-state index contributed by atoms with van der Waals surface area (Å²) in [6.07, 6.45) is 7.42. The number of aliphatic imine (C=N–C) groups is 1. The van der Waals surface area contributed by atoms with Crippen LogP contribution in [0.3, 0.4) is 0 Å². The first-order valence-electron chi connectivity index (χ1n) is 28.9. The predicted octanol–water partition coefficient (Wildman–Crippen LogP) is -7.47. The molecule has 1 aliphatic heterocycles. The van der Waals surface area contributed by atoms with E-state index in [0.29, 0.717) is 42.9 Å². The lowest BCUT2D eigenvalue weighted by Crippen LogP contribution is -2.61. The molecule has 490 valence electrons. The fourth-order valence-electron chi connectivity index (χ4n) is 9.39. The molecule has 89 heavy (non-hydrogen) atoms. The van der Waals surface area contributed by atoms with E-state index in [-0.39, 0.29) is 70.4 Å². The van der Waals surface area contributed by atoms with Crippen LogP contribution in [-0.4, -0.2) is 209 Å². The minimum Gasteiger partial charge on any atom is -0.480 e. The zero-order valence-electron chi connectivity index (χ0n) is 49.5. The molecular formula is C53H84N22O14. The monoisotopic (exact) mass is 1250 g/mol. The van der Waals surface area contributed by atoms with E-state index >= 15 is 0 Å². The standard InChI is InChI=1S/C53H84N22O14/c1-3-27(2)42(52(88)89)74-48(84)37(19-41(57)78)72-46(82)36(18-30-22-62-26-66-30)70-44(80)32(9-6-14-63-53(58)59)67-50(86)39-10-7-15-75(39)51(87)33(11-12-40(56)77)68-45(81)35(17-29-21-61-25-65-29)71-49(85)38(23-76)73-47(83)34(16-28-20-60-24-64-28)69-43(79)31(55)8-4-5-13-54/h20-22,24-27,31-39,42,76H,3-19,23,54-55H2,1-2H3,(H2,56,77)(H2,57,78)(H,60,64)(H,61,65)(H,62,66)(H,67,86)(H,68,81)(H,69,79)(H,70,80)(H,71,85)(H,72,82)(H,73,83)(H,74,84)(H,88,89)(H4,58,59,63)/t27-,31-,32-,33-,34-,35-,36-,37-,38-,39-,42-/m0/s1. The number of rotatable bonds is 40. The Bertz CT molecular complexity index is 2870. The Labute approximate surface area is 511 Å². The van der Waals surface area contributed by atoms with Crippen LogP contribution in [0.2, 0.25) is 0 Å². The van der Waals surface area contributed by atoms with Gasteiger partial charge in [-0.05, 0) is 57.4 Å². The van der Waals surface area contributed by atoms with Crippen LogP contribution in [0.4, 0.5) is 0 Å². The van der Waals surface area contributed by atoms with E-state index in [9.17, 15) is 67.7 Å². The molecule has 0 radical (unpaired) electrons. The van der Waals surface area contributed by atoms with Crippen LogP contribution in [0, 0.1) is 5.92 Å². The van der Waals surface area contributed by atoms with Crippen LogP contribution in [0.1, 0.15) is 102 Å². The van der Waals surface area contributed by atoms with Crippen molar-refractivity contribution in [3.63, 3.8) is 0 Å². The van der Waals surface area contributed by atoms with Gasteiger partial charge in [-0.2, -0.15) is 0 Å². The van der Waals surface area contributed by atoms with Gasteiger partial charge in [0.25, 0.3) is 0 Å². The Morgan fingerprint density at radius 1 is 0.618 bits per heavy atom. The molecule has 3 aromatic heterocycles. The van der Waals surface area contributed by atoms with Crippen molar-refractivity contribution >= 4 is 76.9 Å². The first-order chi connectivity index (χ1) is 42.3.